The minimum Gasteiger partial charge on any atom is -0.508 e. The third kappa shape index (κ3) is 2.07. The van der Waals surface area contributed by atoms with Gasteiger partial charge in [-0.1, -0.05) is 24.3 Å². The molecule has 4 heteroatoms. The first-order valence-electron chi connectivity index (χ1n) is 8.41. The molecule has 3 nitrogen and oxygen atoms in total. The number of hydrogen-bond acceptors (Lipinski definition) is 2. The van der Waals surface area contributed by atoms with E-state index in [0.717, 1.165) is 33.1 Å². The smallest absolute Gasteiger partial charge is 0.144 e. The average molecular weight is 329 g/mol. The Hall–Kier alpha value is -2.88. The molecule has 0 aliphatic carbocycles. The second-order valence-corrected chi connectivity index (χ2v) is 6.76. The SMILES string of the molecule is Bc1c(C)c(C)c(O)c(-c2ccc3c(c2)c2ccccc2n3C)c1O. The van der Waals surface area contributed by atoms with Crippen molar-refractivity contribution in [1.82, 2.24) is 4.57 Å². The number of phenolic OH excluding ortho intramolecular Hbond substituents is 2. The highest BCUT2D eigenvalue weighted by Gasteiger charge is 2.19. The van der Waals surface area contributed by atoms with Gasteiger partial charge in [0.05, 0.1) is 5.56 Å². The van der Waals surface area contributed by atoms with E-state index < -0.39 is 0 Å². The van der Waals surface area contributed by atoms with Gasteiger partial charge in [0.1, 0.15) is 19.3 Å². The van der Waals surface area contributed by atoms with E-state index in [4.69, 9.17) is 0 Å². The Morgan fingerprint density at radius 2 is 1.52 bits per heavy atom. The molecule has 2 N–H and O–H groups in total. The zero-order chi connectivity index (χ0) is 17.9. The average Bonchev–Trinajstić information content (AvgIpc) is 2.91. The van der Waals surface area contributed by atoms with Crippen LogP contribution >= 0.6 is 0 Å². The Labute approximate surface area is 147 Å². The lowest BCUT2D eigenvalue weighted by atomic mass is 9.83. The summed E-state index contributed by atoms with van der Waals surface area (Å²) in [6, 6.07) is 14.3. The van der Waals surface area contributed by atoms with Crippen molar-refractivity contribution in [3.8, 4) is 22.6 Å². The molecule has 0 bridgehead atoms. The molecule has 1 aromatic heterocycles. The number of hydrogen-bond donors (Lipinski definition) is 2. The second kappa shape index (κ2) is 5.31. The lowest BCUT2D eigenvalue weighted by molar-refractivity contribution is 0.453. The maximum Gasteiger partial charge on any atom is 0.144 e. The molecule has 0 saturated heterocycles. The van der Waals surface area contributed by atoms with Gasteiger partial charge in [-0.3, -0.25) is 0 Å². The highest BCUT2D eigenvalue weighted by Crippen LogP contribution is 2.41. The first-order valence-corrected chi connectivity index (χ1v) is 8.41. The fourth-order valence-corrected chi connectivity index (χ4v) is 3.72. The lowest BCUT2D eigenvalue weighted by Gasteiger charge is -2.16. The van der Waals surface area contributed by atoms with Gasteiger partial charge < -0.3 is 14.8 Å². The van der Waals surface area contributed by atoms with Gasteiger partial charge in [0.2, 0.25) is 0 Å². The molecular formula is C21H20BNO2. The van der Waals surface area contributed by atoms with Gasteiger partial charge in [0.15, 0.2) is 0 Å². The van der Waals surface area contributed by atoms with Crippen LogP contribution in [0.3, 0.4) is 0 Å². The summed E-state index contributed by atoms with van der Waals surface area (Å²) in [5.41, 5.74) is 6.17. The third-order valence-corrected chi connectivity index (χ3v) is 5.51. The van der Waals surface area contributed by atoms with Gasteiger partial charge in [-0.15, -0.1) is 0 Å². The summed E-state index contributed by atoms with van der Waals surface area (Å²) in [7, 11) is 3.94. The molecule has 124 valence electrons. The van der Waals surface area contributed by atoms with Crippen LogP contribution in [0.1, 0.15) is 11.1 Å². The van der Waals surface area contributed by atoms with Crippen LogP contribution in [0.2, 0.25) is 0 Å². The van der Waals surface area contributed by atoms with E-state index in [9.17, 15) is 10.2 Å². The Bertz CT molecular complexity index is 1130. The van der Waals surface area contributed by atoms with Crippen LogP contribution in [-0.4, -0.2) is 22.6 Å². The van der Waals surface area contributed by atoms with Crippen molar-refractivity contribution < 1.29 is 10.2 Å². The Balaban J connectivity index is 2.09. The van der Waals surface area contributed by atoms with Crippen molar-refractivity contribution in [3.05, 3.63) is 53.6 Å². The van der Waals surface area contributed by atoms with E-state index in [-0.39, 0.29) is 11.5 Å². The number of aryl methyl sites for hydroxylation is 1. The van der Waals surface area contributed by atoms with Gasteiger partial charge in [-0.25, -0.2) is 0 Å². The summed E-state index contributed by atoms with van der Waals surface area (Å²) >= 11 is 0. The number of nitrogens with zero attached hydrogens (tertiary/aromatic N) is 1. The van der Waals surface area contributed by atoms with E-state index in [1.54, 1.807) is 0 Å². The summed E-state index contributed by atoms with van der Waals surface area (Å²) in [6.07, 6.45) is 0. The zero-order valence-corrected chi connectivity index (χ0v) is 14.9. The second-order valence-electron chi connectivity index (χ2n) is 6.76. The molecule has 0 unspecified atom stereocenters. The molecule has 0 aliphatic rings. The summed E-state index contributed by atoms with van der Waals surface area (Å²) in [4.78, 5) is 0. The monoisotopic (exact) mass is 329 g/mol. The molecule has 25 heavy (non-hydrogen) atoms. The van der Waals surface area contributed by atoms with Crippen molar-refractivity contribution in [3.63, 3.8) is 0 Å². The number of fused-ring (bicyclic) bond motifs is 3. The predicted octanol–water partition coefficient (Wildman–Crippen LogP) is 3.28. The summed E-state index contributed by atoms with van der Waals surface area (Å²) < 4.78 is 2.17. The standard InChI is InChI=1S/C21H20BNO2/c1-11-12(2)20(24)18(21(25)19(11)22)13-8-9-17-15(10-13)14-6-4-5-7-16(14)23(17)3/h4-10,24-25H,22H2,1-3H3. The number of aromatic nitrogens is 1. The summed E-state index contributed by atoms with van der Waals surface area (Å²) in [5, 5.41) is 23.6. The molecule has 0 spiro atoms. The van der Waals surface area contributed by atoms with Crippen molar-refractivity contribution in [2.45, 2.75) is 13.8 Å². The number of rotatable bonds is 1. The van der Waals surface area contributed by atoms with Crippen LogP contribution in [0.15, 0.2) is 42.5 Å². The highest BCUT2D eigenvalue weighted by atomic mass is 16.3. The molecule has 0 amide bonds. The summed E-state index contributed by atoms with van der Waals surface area (Å²) in [5.74, 6) is 0.306. The lowest BCUT2D eigenvalue weighted by Crippen LogP contribution is -2.11. The molecule has 1 heterocycles. The topological polar surface area (TPSA) is 45.4 Å². The number of para-hydroxylation sites is 1. The number of phenols is 2. The van der Waals surface area contributed by atoms with Gasteiger partial charge in [0, 0.05) is 28.9 Å². The first-order chi connectivity index (χ1) is 11.9. The van der Waals surface area contributed by atoms with E-state index >= 15 is 0 Å². The molecule has 4 rings (SSSR count). The normalized spacial score (nSPS) is 11.5. The maximum absolute atomic E-state index is 10.7. The zero-order valence-electron chi connectivity index (χ0n) is 14.9. The van der Waals surface area contributed by atoms with Crippen LogP contribution in [0.4, 0.5) is 0 Å². The Morgan fingerprint density at radius 1 is 0.840 bits per heavy atom. The summed E-state index contributed by atoms with van der Waals surface area (Å²) in [6.45, 7) is 3.80. The van der Waals surface area contributed by atoms with E-state index in [0.29, 0.717) is 5.56 Å². The van der Waals surface area contributed by atoms with Crippen LogP contribution in [-0.2, 0) is 7.05 Å². The van der Waals surface area contributed by atoms with Gasteiger partial charge >= 0.3 is 0 Å². The van der Waals surface area contributed by atoms with Gasteiger partial charge in [-0.05, 0) is 54.2 Å². The minimum atomic E-state index is 0.153. The molecule has 0 radical (unpaired) electrons. The van der Waals surface area contributed by atoms with E-state index in [1.165, 1.54) is 10.9 Å². The van der Waals surface area contributed by atoms with E-state index in [2.05, 4.69) is 29.8 Å². The molecular weight excluding hydrogens is 309 g/mol. The minimum absolute atomic E-state index is 0.153. The van der Waals surface area contributed by atoms with Crippen LogP contribution in [0.5, 0.6) is 11.5 Å². The van der Waals surface area contributed by atoms with Crippen molar-refractivity contribution >= 4 is 35.1 Å². The van der Waals surface area contributed by atoms with Gasteiger partial charge in [-0.2, -0.15) is 0 Å². The molecule has 4 aromatic rings. The van der Waals surface area contributed by atoms with Crippen LogP contribution < -0.4 is 5.46 Å². The maximum atomic E-state index is 10.7. The molecule has 0 fully saturated rings. The quantitative estimate of drug-likeness (QED) is 0.527. The van der Waals surface area contributed by atoms with Crippen molar-refractivity contribution in [2.24, 2.45) is 7.05 Å². The molecule has 0 aliphatic heterocycles. The fourth-order valence-electron chi connectivity index (χ4n) is 3.72. The Kier molecular flexibility index (Phi) is 3.32. The molecule has 0 atom stereocenters. The largest absolute Gasteiger partial charge is 0.508 e. The molecule has 3 aromatic carbocycles. The van der Waals surface area contributed by atoms with Crippen molar-refractivity contribution in [1.29, 1.82) is 0 Å². The fraction of sp³-hybridized carbons (Fsp3) is 0.143. The van der Waals surface area contributed by atoms with Crippen molar-refractivity contribution in [2.75, 3.05) is 0 Å². The van der Waals surface area contributed by atoms with E-state index in [1.807, 2.05) is 46.0 Å². The molecule has 0 saturated carbocycles. The van der Waals surface area contributed by atoms with Crippen LogP contribution in [0, 0.1) is 13.8 Å². The van der Waals surface area contributed by atoms with Crippen LogP contribution in [0.25, 0.3) is 32.9 Å². The number of aromatic hydroxyl groups is 2. The number of benzene rings is 3. The Morgan fingerprint density at radius 3 is 2.28 bits per heavy atom. The predicted molar refractivity (Wildman–Crippen MR) is 107 cm³/mol. The van der Waals surface area contributed by atoms with Gasteiger partial charge in [0.25, 0.3) is 0 Å². The first kappa shape index (κ1) is 15.6. The third-order valence-electron chi connectivity index (χ3n) is 5.51. The highest BCUT2D eigenvalue weighted by molar-refractivity contribution is 6.36.